The monoisotopic (exact) mass is 495 g/mol. The predicted octanol–water partition coefficient (Wildman–Crippen LogP) is 1.29. The van der Waals surface area contributed by atoms with Crippen molar-refractivity contribution in [3.63, 3.8) is 0 Å². The smallest absolute Gasteiger partial charge is 0.454 e. The van der Waals surface area contributed by atoms with Crippen LogP contribution >= 0.6 is 0 Å². The molecule has 13 nitrogen and oxygen atoms in total. The van der Waals surface area contributed by atoms with Crippen LogP contribution < -0.4 is 19.7 Å². The van der Waals surface area contributed by atoms with Gasteiger partial charge in [0.2, 0.25) is 18.6 Å². The first-order valence-electron chi connectivity index (χ1n) is 11.3. The van der Waals surface area contributed by atoms with Gasteiger partial charge in [0.25, 0.3) is 0 Å². The topological polar surface area (TPSA) is 133 Å². The quantitative estimate of drug-likeness (QED) is 0.475. The van der Waals surface area contributed by atoms with E-state index in [2.05, 4.69) is 25.0 Å². The fraction of sp³-hybridized carbons (Fsp3) is 0.348. The highest BCUT2D eigenvalue weighted by atomic mass is 16.8. The van der Waals surface area contributed by atoms with E-state index in [0.29, 0.717) is 42.9 Å². The molecule has 5 rings (SSSR count). The SMILES string of the molecule is COC(=O)ON1CCN(c2ccnc(-n3ccnc3)n2)C(CC(=O)NCc2ccc3c(c2)OCO3)C1. The summed E-state index contributed by atoms with van der Waals surface area (Å²) in [5.74, 6) is 2.30. The van der Waals surface area contributed by atoms with Crippen LogP contribution in [0, 0.1) is 0 Å². The van der Waals surface area contributed by atoms with Crippen molar-refractivity contribution in [2.24, 2.45) is 0 Å². The Balaban J connectivity index is 1.29. The maximum Gasteiger partial charge on any atom is 0.527 e. The number of ether oxygens (including phenoxy) is 3. The van der Waals surface area contributed by atoms with Gasteiger partial charge in [-0.3, -0.25) is 9.36 Å². The van der Waals surface area contributed by atoms with Gasteiger partial charge in [0, 0.05) is 38.1 Å². The fourth-order valence-electron chi connectivity index (χ4n) is 4.07. The molecule has 2 aliphatic heterocycles. The van der Waals surface area contributed by atoms with Gasteiger partial charge in [-0.15, -0.1) is 5.06 Å². The molecule has 0 saturated carbocycles. The first-order chi connectivity index (χ1) is 17.6. The third kappa shape index (κ3) is 5.30. The molecule has 36 heavy (non-hydrogen) atoms. The standard InChI is InChI=1S/C23H25N7O6/c1-33-23(32)36-29-8-9-30(20-4-5-25-22(27-20)28-7-6-24-14-28)17(13-29)11-21(31)26-12-16-2-3-18-19(10-16)35-15-34-18/h2-7,10,14,17H,8-9,11-13,15H2,1H3,(H,26,31). The minimum Gasteiger partial charge on any atom is -0.454 e. The Morgan fingerprint density at radius 3 is 2.89 bits per heavy atom. The average Bonchev–Trinajstić information content (AvgIpc) is 3.60. The zero-order valence-electron chi connectivity index (χ0n) is 19.6. The molecular formula is C23H25N7O6. The lowest BCUT2D eigenvalue weighted by Crippen LogP contribution is -2.55. The maximum atomic E-state index is 12.9. The number of hydrogen-bond donors (Lipinski definition) is 1. The van der Waals surface area contributed by atoms with Crippen molar-refractivity contribution in [2.75, 3.05) is 38.4 Å². The second kappa shape index (κ2) is 10.5. The summed E-state index contributed by atoms with van der Waals surface area (Å²) >= 11 is 0. The largest absolute Gasteiger partial charge is 0.527 e. The molecule has 1 saturated heterocycles. The molecule has 1 N–H and O–H groups in total. The van der Waals surface area contributed by atoms with Gasteiger partial charge in [0.05, 0.1) is 26.2 Å². The number of amides is 1. The van der Waals surface area contributed by atoms with E-state index in [4.69, 9.17) is 14.3 Å². The zero-order valence-corrected chi connectivity index (χ0v) is 19.6. The number of carbonyl (C=O) groups excluding carboxylic acids is 2. The lowest BCUT2D eigenvalue weighted by Gasteiger charge is -2.40. The number of hydrogen-bond acceptors (Lipinski definition) is 11. The van der Waals surface area contributed by atoms with E-state index in [-0.39, 0.29) is 31.7 Å². The first-order valence-corrected chi connectivity index (χ1v) is 11.3. The molecule has 2 aromatic heterocycles. The number of hydroxylamine groups is 2. The van der Waals surface area contributed by atoms with Gasteiger partial charge < -0.3 is 29.3 Å². The molecule has 13 heteroatoms. The van der Waals surface area contributed by atoms with Gasteiger partial charge in [-0.05, 0) is 23.8 Å². The predicted molar refractivity (Wildman–Crippen MR) is 124 cm³/mol. The Morgan fingerprint density at radius 2 is 2.06 bits per heavy atom. The zero-order chi connectivity index (χ0) is 24.9. The van der Waals surface area contributed by atoms with Crippen LogP contribution in [0.15, 0.2) is 49.2 Å². The summed E-state index contributed by atoms with van der Waals surface area (Å²) in [5, 5.41) is 4.45. The van der Waals surface area contributed by atoms with Crippen LogP contribution in [0.4, 0.5) is 10.6 Å². The number of nitrogens with zero attached hydrogens (tertiary/aromatic N) is 6. The van der Waals surface area contributed by atoms with Gasteiger partial charge in [0.15, 0.2) is 11.5 Å². The average molecular weight is 495 g/mol. The van der Waals surface area contributed by atoms with Gasteiger partial charge in [-0.2, -0.15) is 4.98 Å². The second-order valence-corrected chi connectivity index (χ2v) is 8.13. The molecule has 4 heterocycles. The number of piperazine rings is 1. The summed E-state index contributed by atoms with van der Waals surface area (Å²) in [6.45, 7) is 1.70. The highest BCUT2D eigenvalue weighted by Crippen LogP contribution is 2.32. The molecule has 3 aromatic rings. The summed E-state index contributed by atoms with van der Waals surface area (Å²) in [7, 11) is 1.25. The van der Waals surface area contributed by atoms with Crippen molar-refractivity contribution in [3.8, 4) is 17.4 Å². The van der Waals surface area contributed by atoms with Gasteiger partial charge in [-0.1, -0.05) is 6.07 Å². The summed E-state index contributed by atoms with van der Waals surface area (Å²) in [6, 6.07) is 7.01. The number of nitrogens with one attached hydrogen (secondary N) is 1. The van der Waals surface area contributed by atoms with Gasteiger partial charge in [0.1, 0.15) is 12.1 Å². The van der Waals surface area contributed by atoms with Crippen molar-refractivity contribution >= 4 is 17.9 Å². The molecule has 1 amide bonds. The highest BCUT2D eigenvalue weighted by molar-refractivity contribution is 5.77. The number of fused-ring (bicyclic) bond motifs is 1. The maximum absolute atomic E-state index is 12.9. The molecular weight excluding hydrogens is 470 g/mol. The molecule has 1 unspecified atom stereocenters. The van der Waals surface area contributed by atoms with E-state index in [9.17, 15) is 9.59 Å². The number of imidazole rings is 1. The molecule has 0 aliphatic carbocycles. The van der Waals surface area contributed by atoms with E-state index >= 15 is 0 Å². The van der Waals surface area contributed by atoms with Crippen LogP contribution in [0.3, 0.4) is 0 Å². The lowest BCUT2D eigenvalue weighted by molar-refractivity contribution is -0.136. The molecule has 1 aromatic carbocycles. The van der Waals surface area contributed by atoms with E-state index in [1.54, 1.807) is 35.6 Å². The van der Waals surface area contributed by atoms with Crippen molar-refractivity contribution in [3.05, 3.63) is 54.7 Å². The summed E-state index contributed by atoms with van der Waals surface area (Å²) in [6.07, 6.45) is 6.01. The Kier molecular flexibility index (Phi) is 6.80. The van der Waals surface area contributed by atoms with Crippen molar-refractivity contribution in [1.29, 1.82) is 0 Å². The van der Waals surface area contributed by atoms with Crippen LogP contribution in [0.5, 0.6) is 11.5 Å². The van der Waals surface area contributed by atoms with Crippen molar-refractivity contribution in [1.82, 2.24) is 29.9 Å². The first kappa shape index (κ1) is 23.4. The molecule has 0 bridgehead atoms. The van der Waals surface area contributed by atoms with E-state index < -0.39 is 6.16 Å². The normalized spacial score (nSPS) is 17.0. The fourth-order valence-corrected chi connectivity index (χ4v) is 4.07. The number of carbonyl (C=O) groups is 2. The Hall–Kier alpha value is -4.39. The van der Waals surface area contributed by atoms with E-state index in [1.807, 2.05) is 23.1 Å². The Labute approximate surface area is 206 Å². The number of rotatable bonds is 7. The minimum atomic E-state index is -0.807. The van der Waals surface area contributed by atoms with Crippen molar-refractivity contribution in [2.45, 2.75) is 19.0 Å². The van der Waals surface area contributed by atoms with Gasteiger partial charge in [-0.25, -0.2) is 14.8 Å². The van der Waals surface area contributed by atoms with E-state index in [0.717, 1.165) is 5.56 Å². The molecule has 0 spiro atoms. The number of methoxy groups -OCH3 is 1. The molecule has 1 atom stereocenters. The van der Waals surface area contributed by atoms with Crippen molar-refractivity contribution < 1.29 is 28.6 Å². The number of anilines is 1. The third-order valence-corrected chi connectivity index (χ3v) is 5.82. The number of aromatic nitrogens is 4. The second-order valence-electron chi connectivity index (χ2n) is 8.13. The third-order valence-electron chi connectivity index (χ3n) is 5.82. The van der Waals surface area contributed by atoms with E-state index in [1.165, 1.54) is 12.2 Å². The number of benzene rings is 1. The van der Waals surface area contributed by atoms with Crippen LogP contribution in [0.1, 0.15) is 12.0 Å². The minimum absolute atomic E-state index is 0.149. The summed E-state index contributed by atoms with van der Waals surface area (Å²) < 4.78 is 17.0. The molecule has 2 aliphatic rings. The Bertz CT molecular complexity index is 1220. The van der Waals surface area contributed by atoms with Crippen LogP contribution in [-0.4, -0.2) is 76.2 Å². The summed E-state index contributed by atoms with van der Waals surface area (Å²) in [5.41, 5.74) is 0.893. The summed E-state index contributed by atoms with van der Waals surface area (Å²) in [4.78, 5) is 44.8. The van der Waals surface area contributed by atoms with Crippen LogP contribution in [-0.2, 0) is 20.9 Å². The van der Waals surface area contributed by atoms with Gasteiger partial charge >= 0.3 is 6.16 Å². The lowest BCUT2D eigenvalue weighted by atomic mass is 10.1. The van der Waals surface area contributed by atoms with Crippen LogP contribution in [0.25, 0.3) is 5.95 Å². The Morgan fingerprint density at radius 1 is 1.17 bits per heavy atom. The molecule has 0 radical (unpaired) electrons. The molecule has 188 valence electrons. The molecule has 1 fully saturated rings. The highest BCUT2D eigenvalue weighted by Gasteiger charge is 2.32. The van der Waals surface area contributed by atoms with Crippen LogP contribution in [0.2, 0.25) is 0 Å².